The van der Waals surface area contributed by atoms with Gasteiger partial charge in [0.2, 0.25) is 5.91 Å². The molecule has 2 unspecified atom stereocenters. The van der Waals surface area contributed by atoms with Gasteiger partial charge >= 0.3 is 6.03 Å². The van der Waals surface area contributed by atoms with E-state index in [-0.39, 0.29) is 36.1 Å². The first-order chi connectivity index (χ1) is 19.5. The zero-order valence-electron chi connectivity index (χ0n) is 24.6. The molecule has 1 aromatic carbocycles. The highest BCUT2D eigenvalue weighted by molar-refractivity contribution is 6.30. The molecule has 8 heteroatoms. The number of piperidine rings is 1. The number of hydrogen-bond donors (Lipinski definition) is 2. The van der Waals surface area contributed by atoms with E-state index in [1.165, 1.54) is 25.7 Å². The molecular formula is C32H50ClN5O2. The number of carbonyl (C=O) groups is 2. The van der Waals surface area contributed by atoms with E-state index in [1.807, 2.05) is 29.2 Å². The summed E-state index contributed by atoms with van der Waals surface area (Å²) in [7, 11) is 0. The van der Waals surface area contributed by atoms with Crippen molar-refractivity contribution in [2.24, 2.45) is 0 Å². The molecule has 0 radical (unpaired) electrons. The molecule has 1 saturated carbocycles. The van der Waals surface area contributed by atoms with Crippen molar-refractivity contribution in [2.75, 3.05) is 26.2 Å². The number of urea groups is 1. The number of nitrogens with zero attached hydrogens (tertiary/aromatic N) is 3. The number of hydrogen-bond acceptors (Lipinski definition) is 4. The van der Waals surface area contributed by atoms with Crippen molar-refractivity contribution in [3.63, 3.8) is 0 Å². The van der Waals surface area contributed by atoms with Gasteiger partial charge in [-0.3, -0.25) is 4.79 Å². The summed E-state index contributed by atoms with van der Waals surface area (Å²) in [5, 5.41) is 7.95. The van der Waals surface area contributed by atoms with Crippen LogP contribution >= 0.6 is 11.6 Å². The van der Waals surface area contributed by atoms with Crippen LogP contribution in [0.2, 0.25) is 5.02 Å². The Bertz CT molecular complexity index is 960. The summed E-state index contributed by atoms with van der Waals surface area (Å²) < 4.78 is 0. The lowest BCUT2D eigenvalue weighted by Gasteiger charge is -2.48. The van der Waals surface area contributed by atoms with Crippen LogP contribution in [0.15, 0.2) is 24.3 Å². The fourth-order valence-corrected chi connectivity index (χ4v) is 7.99. The van der Waals surface area contributed by atoms with Crippen LogP contribution in [-0.4, -0.2) is 89.1 Å². The molecule has 5 rings (SSSR count). The van der Waals surface area contributed by atoms with E-state index in [4.69, 9.17) is 11.6 Å². The van der Waals surface area contributed by atoms with E-state index in [1.54, 1.807) is 0 Å². The van der Waals surface area contributed by atoms with Crippen molar-refractivity contribution in [1.29, 1.82) is 0 Å². The molecule has 3 aliphatic heterocycles. The van der Waals surface area contributed by atoms with Crippen LogP contribution in [0.3, 0.4) is 0 Å². The van der Waals surface area contributed by atoms with E-state index in [0.717, 1.165) is 81.7 Å². The third-order valence-corrected chi connectivity index (χ3v) is 10.3. The Morgan fingerprint density at radius 3 is 2.23 bits per heavy atom. The standard InChI is InChI=1S/C32H50ClN5O2/c1-3-36(4-2)32(40)38(26-10-6-5-7-11-26)29-20-27-16-17-28(21-29)37(27)31(39)30(35-22-25-9-8-18-34-25)19-23-12-14-24(33)15-13-23/h12-15,25-30,34-35H,3-11,16-22H2,1-2H3/t25-,27?,28?,29?,30-/m1/s1. The summed E-state index contributed by atoms with van der Waals surface area (Å²) in [5.74, 6) is 0.234. The van der Waals surface area contributed by atoms with E-state index >= 15 is 0 Å². The number of nitrogens with one attached hydrogen (secondary N) is 2. The molecule has 1 aromatic rings. The number of halogens is 1. The highest BCUT2D eigenvalue weighted by Crippen LogP contribution is 2.40. The lowest BCUT2D eigenvalue weighted by atomic mass is 9.89. The number of rotatable bonds is 10. The topological polar surface area (TPSA) is 67.9 Å². The molecular weight excluding hydrogens is 522 g/mol. The largest absolute Gasteiger partial charge is 0.335 e. The minimum atomic E-state index is -0.255. The Hall–Kier alpha value is -1.83. The van der Waals surface area contributed by atoms with Gasteiger partial charge in [-0.05, 0) is 95.9 Å². The second kappa shape index (κ2) is 13.9. The molecule has 1 aliphatic carbocycles. The average Bonchev–Trinajstić information content (AvgIpc) is 3.58. The predicted octanol–water partition coefficient (Wildman–Crippen LogP) is 5.21. The molecule has 222 valence electrons. The van der Waals surface area contributed by atoms with E-state index in [2.05, 4.69) is 34.3 Å². The third-order valence-electron chi connectivity index (χ3n) is 10.0. The maximum Gasteiger partial charge on any atom is 0.320 e. The van der Waals surface area contributed by atoms with Crippen molar-refractivity contribution in [3.05, 3.63) is 34.9 Å². The summed E-state index contributed by atoms with van der Waals surface area (Å²) in [5.41, 5.74) is 1.13. The van der Waals surface area contributed by atoms with Gasteiger partial charge in [0, 0.05) is 54.9 Å². The number of fused-ring (bicyclic) bond motifs is 2. The van der Waals surface area contributed by atoms with Crippen LogP contribution in [0.5, 0.6) is 0 Å². The summed E-state index contributed by atoms with van der Waals surface area (Å²) in [6, 6.07) is 9.30. The maximum absolute atomic E-state index is 14.3. The molecule has 3 amide bonds. The molecule has 2 bridgehead atoms. The highest BCUT2D eigenvalue weighted by atomic mass is 35.5. The summed E-state index contributed by atoms with van der Waals surface area (Å²) in [4.78, 5) is 34.6. The quantitative estimate of drug-likeness (QED) is 0.404. The molecule has 40 heavy (non-hydrogen) atoms. The molecule has 2 N–H and O–H groups in total. The van der Waals surface area contributed by atoms with Gasteiger partial charge in [-0.2, -0.15) is 0 Å². The Morgan fingerprint density at radius 2 is 1.62 bits per heavy atom. The Labute approximate surface area is 246 Å². The second-order valence-electron chi connectivity index (χ2n) is 12.5. The number of benzene rings is 1. The zero-order valence-corrected chi connectivity index (χ0v) is 25.4. The molecule has 4 atom stereocenters. The zero-order chi connectivity index (χ0) is 28.1. The summed E-state index contributed by atoms with van der Waals surface area (Å²) in [6.45, 7) is 7.53. The third kappa shape index (κ3) is 6.79. The van der Waals surface area contributed by atoms with Crippen LogP contribution in [0.4, 0.5) is 4.79 Å². The number of amides is 3. The fraction of sp³-hybridized carbons (Fsp3) is 0.750. The molecule has 0 spiro atoms. The molecule has 3 heterocycles. The highest BCUT2D eigenvalue weighted by Gasteiger charge is 2.48. The summed E-state index contributed by atoms with van der Waals surface area (Å²) >= 11 is 6.15. The first kappa shape index (κ1) is 29.7. The lowest BCUT2D eigenvalue weighted by Crippen LogP contribution is -2.61. The van der Waals surface area contributed by atoms with Crippen LogP contribution in [-0.2, 0) is 11.2 Å². The molecule has 7 nitrogen and oxygen atoms in total. The first-order valence-corrected chi connectivity index (χ1v) is 16.5. The molecule has 0 aromatic heterocycles. The van der Waals surface area contributed by atoms with Gasteiger partial charge in [-0.15, -0.1) is 0 Å². The Morgan fingerprint density at radius 1 is 0.950 bits per heavy atom. The van der Waals surface area contributed by atoms with Crippen molar-refractivity contribution in [3.8, 4) is 0 Å². The smallest absolute Gasteiger partial charge is 0.320 e. The van der Waals surface area contributed by atoms with Crippen LogP contribution in [0.25, 0.3) is 0 Å². The van der Waals surface area contributed by atoms with Gasteiger partial charge in [-0.1, -0.05) is 43.0 Å². The van der Waals surface area contributed by atoms with Crippen LogP contribution < -0.4 is 10.6 Å². The maximum atomic E-state index is 14.3. The molecule has 4 fully saturated rings. The average molecular weight is 572 g/mol. The SMILES string of the molecule is CCN(CC)C(=O)N(C1CCCCC1)C1CC2CCC(C1)N2C(=O)[C@@H](Cc1ccc(Cl)cc1)NC[C@H]1CCCN1. The van der Waals surface area contributed by atoms with Crippen LogP contribution in [0, 0.1) is 0 Å². The van der Waals surface area contributed by atoms with Gasteiger partial charge < -0.3 is 25.3 Å². The van der Waals surface area contributed by atoms with E-state index < -0.39 is 0 Å². The Kier molecular flexibility index (Phi) is 10.3. The normalized spacial score (nSPS) is 27.5. The molecule has 3 saturated heterocycles. The predicted molar refractivity (Wildman–Crippen MR) is 162 cm³/mol. The van der Waals surface area contributed by atoms with Crippen molar-refractivity contribution < 1.29 is 9.59 Å². The number of carbonyl (C=O) groups excluding carboxylic acids is 2. The van der Waals surface area contributed by atoms with Crippen molar-refractivity contribution in [1.82, 2.24) is 25.3 Å². The second-order valence-corrected chi connectivity index (χ2v) is 12.9. The summed E-state index contributed by atoms with van der Waals surface area (Å²) in [6.07, 6.45) is 12.9. The minimum absolute atomic E-state index is 0.214. The first-order valence-electron chi connectivity index (χ1n) is 16.1. The van der Waals surface area contributed by atoms with E-state index in [9.17, 15) is 9.59 Å². The van der Waals surface area contributed by atoms with Crippen LogP contribution in [0.1, 0.15) is 90.0 Å². The van der Waals surface area contributed by atoms with E-state index in [0.29, 0.717) is 18.5 Å². The Balaban J connectivity index is 1.31. The van der Waals surface area contributed by atoms with Crippen molar-refractivity contribution >= 4 is 23.5 Å². The van der Waals surface area contributed by atoms with Crippen molar-refractivity contribution in [2.45, 2.75) is 127 Å². The minimum Gasteiger partial charge on any atom is -0.335 e. The van der Waals surface area contributed by atoms with Gasteiger partial charge in [0.05, 0.1) is 6.04 Å². The molecule has 4 aliphatic rings. The van der Waals surface area contributed by atoms with Gasteiger partial charge in [0.15, 0.2) is 0 Å². The lowest BCUT2D eigenvalue weighted by molar-refractivity contribution is -0.139. The fourth-order valence-electron chi connectivity index (χ4n) is 7.86. The van der Waals surface area contributed by atoms with Gasteiger partial charge in [-0.25, -0.2) is 4.79 Å². The monoisotopic (exact) mass is 571 g/mol. The van der Waals surface area contributed by atoms with Gasteiger partial charge in [0.1, 0.15) is 0 Å². The van der Waals surface area contributed by atoms with Gasteiger partial charge in [0.25, 0.3) is 0 Å².